The molecule has 0 saturated carbocycles. The van der Waals surface area contributed by atoms with Gasteiger partial charge in [0.05, 0.1) is 0 Å². The molecule has 3 aromatic carbocycles. The van der Waals surface area contributed by atoms with Crippen LogP contribution in [0.5, 0.6) is 5.75 Å². The van der Waals surface area contributed by atoms with E-state index in [1.165, 1.54) is 10.5 Å². The molecular formula is C27H25NO4. The quantitative estimate of drug-likeness (QED) is 0.396. The molecule has 1 aromatic heterocycles. The molecule has 0 fully saturated rings. The Morgan fingerprint density at radius 1 is 0.844 bits per heavy atom. The largest absolute Gasteiger partial charge is 0.422 e. The van der Waals surface area contributed by atoms with Crippen LogP contribution in [0.15, 0.2) is 88.1 Å². The molecule has 4 aromatic rings. The summed E-state index contributed by atoms with van der Waals surface area (Å²) in [5.74, 6) is 0.337. The molecule has 0 atom stereocenters. The van der Waals surface area contributed by atoms with Gasteiger partial charge in [-0.1, -0.05) is 60.7 Å². The zero-order valence-corrected chi connectivity index (χ0v) is 18.2. The fourth-order valence-electron chi connectivity index (χ4n) is 3.72. The van der Waals surface area contributed by atoms with Gasteiger partial charge < -0.3 is 14.1 Å². The number of hydrogen-bond donors (Lipinski definition) is 0. The van der Waals surface area contributed by atoms with Crippen molar-refractivity contribution in [3.63, 3.8) is 0 Å². The maximum absolute atomic E-state index is 13.0. The van der Waals surface area contributed by atoms with Crippen LogP contribution in [-0.4, -0.2) is 25.1 Å². The number of fused-ring (bicyclic) bond motifs is 1. The Morgan fingerprint density at radius 3 is 2.16 bits per heavy atom. The monoisotopic (exact) mass is 427 g/mol. The van der Waals surface area contributed by atoms with Crippen LogP contribution in [0.3, 0.4) is 0 Å². The second-order valence-electron chi connectivity index (χ2n) is 7.91. The van der Waals surface area contributed by atoms with E-state index < -0.39 is 6.09 Å². The van der Waals surface area contributed by atoms with Crippen molar-refractivity contribution in [2.45, 2.75) is 19.3 Å². The minimum absolute atomic E-state index is 0.337. The summed E-state index contributed by atoms with van der Waals surface area (Å²) in [7, 11) is 3.22. The average molecular weight is 428 g/mol. The molecule has 4 rings (SSSR count). The Labute approximate surface area is 186 Å². The Bertz CT molecular complexity index is 1280. The molecule has 1 amide bonds. The summed E-state index contributed by atoms with van der Waals surface area (Å²) in [6, 6.07) is 25.3. The first-order valence-corrected chi connectivity index (χ1v) is 10.6. The van der Waals surface area contributed by atoms with Crippen molar-refractivity contribution < 1.29 is 13.9 Å². The van der Waals surface area contributed by atoms with E-state index in [1.54, 1.807) is 26.2 Å². The van der Waals surface area contributed by atoms with E-state index in [0.717, 1.165) is 22.9 Å². The van der Waals surface area contributed by atoms with E-state index in [-0.39, 0.29) is 5.63 Å². The van der Waals surface area contributed by atoms with E-state index in [2.05, 4.69) is 12.1 Å². The van der Waals surface area contributed by atoms with Gasteiger partial charge in [-0.2, -0.15) is 0 Å². The third kappa shape index (κ3) is 4.89. The minimum Gasteiger partial charge on any atom is -0.422 e. The van der Waals surface area contributed by atoms with Crippen LogP contribution < -0.4 is 10.4 Å². The maximum Gasteiger partial charge on any atom is 0.414 e. The molecule has 0 bridgehead atoms. The lowest BCUT2D eigenvalue weighted by Crippen LogP contribution is -2.25. The van der Waals surface area contributed by atoms with Crippen LogP contribution in [0.1, 0.15) is 22.3 Å². The van der Waals surface area contributed by atoms with Gasteiger partial charge in [0, 0.05) is 37.5 Å². The molecule has 0 unspecified atom stereocenters. The summed E-state index contributed by atoms with van der Waals surface area (Å²) < 4.78 is 11.0. The molecule has 5 heteroatoms. The first-order valence-electron chi connectivity index (χ1n) is 10.6. The molecule has 0 aliphatic rings. The van der Waals surface area contributed by atoms with Crippen LogP contribution in [0.2, 0.25) is 0 Å². The fraction of sp³-hybridized carbons (Fsp3) is 0.185. The number of aryl methyl sites for hydroxylation is 2. The first-order chi connectivity index (χ1) is 15.5. The van der Waals surface area contributed by atoms with Gasteiger partial charge >= 0.3 is 11.7 Å². The number of rotatable bonds is 6. The third-order valence-electron chi connectivity index (χ3n) is 5.39. The molecule has 0 aliphatic heterocycles. The van der Waals surface area contributed by atoms with E-state index in [4.69, 9.17) is 9.15 Å². The van der Waals surface area contributed by atoms with Crippen LogP contribution in [0.25, 0.3) is 11.0 Å². The molecule has 32 heavy (non-hydrogen) atoms. The lowest BCUT2D eigenvalue weighted by atomic mass is 9.94. The van der Waals surface area contributed by atoms with Gasteiger partial charge in [0.1, 0.15) is 11.3 Å². The Morgan fingerprint density at radius 2 is 1.50 bits per heavy atom. The summed E-state index contributed by atoms with van der Waals surface area (Å²) in [4.78, 5) is 26.3. The highest BCUT2D eigenvalue weighted by Crippen LogP contribution is 2.27. The molecule has 0 spiro atoms. The van der Waals surface area contributed by atoms with Crippen molar-refractivity contribution in [2.75, 3.05) is 14.1 Å². The number of benzene rings is 3. The van der Waals surface area contributed by atoms with Crippen molar-refractivity contribution in [1.82, 2.24) is 4.90 Å². The van der Waals surface area contributed by atoms with Gasteiger partial charge in [0.25, 0.3) is 0 Å². The first kappa shape index (κ1) is 21.4. The van der Waals surface area contributed by atoms with Crippen molar-refractivity contribution >= 4 is 17.1 Å². The van der Waals surface area contributed by atoms with E-state index in [1.807, 2.05) is 54.6 Å². The van der Waals surface area contributed by atoms with Crippen molar-refractivity contribution in [2.24, 2.45) is 0 Å². The van der Waals surface area contributed by atoms with Gasteiger partial charge in [-0.15, -0.1) is 0 Å². The Balaban J connectivity index is 1.76. The molecule has 0 aliphatic carbocycles. The number of carbonyl (C=O) groups is 1. The number of nitrogens with zero attached hydrogens (tertiary/aromatic N) is 1. The smallest absolute Gasteiger partial charge is 0.414 e. The number of carbonyl (C=O) groups excluding carboxylic acids is 1. The average Bonchev–Trinajstić information content (AvgIpc) is 2.80. The zero-order valence-electron chi connectivity index (χ0n) is 18.2. The highest BCUT2D eigenvalue weighted by atomic mass is 16.6. The second kappa shape index (κ2) is 9.52. The molecule has 0 N–H and O–H groups in total. The SMILES string of the molecule is CN(C)C(=O)Oc1ccc2c(CCc3ccccc3)c(Cc3ccccc3)c(=O)oc2c1. The molecule has 5 nitrogen and oxygen atoms in total. The summed E-state index contributed by atoms with van der Waals surface area (Å²) >= 11 is 0. The topological polar surface area (TPSA) is 59.8 Å². The zero-order chi connectivity index (χ0) is 22.5. The van der Waals surface area contributed by atoms with Crippen LogP contribution in [0.4, 0.5) is 4.79 Å². The molecule has 0 saturated heterocycles. The lowest BCUT2D eigenvalue weighted by molar-refractivity contribution is 0.172. The standard InChI is InChI=1S/C27H25NO4/c1-28(2)27(30)31-21-14-16-23-22(15-13-19-9-5-3-6-10-19)24(26(29)32-25(23)18-21)17-20-11-7-4-8-12-20/h3-12,14,16,18H,13,15,17H2,1-2H3. The van der Waals surface area contributed by atoms with Gasteiger partial charge in [-0.25, -0.2) is 9.59 Å². The number of ether oxygens (including phenoxy) is 1. The maximum atomic E-state index is 13.0. The predicted octanol–water partition coefficient (Wildman–Crippen LogP) is 5.23. The third-order valence-corrected chi connectivity index (χ3v) is 5.39. The van der Waals surface area contributed by atoms with E-state index in [9.17, 15) is 9.59 Å². The summed E-state index contributed by atoms with van der Waals surface area (Å²) in [6.07, 6.45) is 1.52. The molecular weight excluding hydrogens is 402 g/mol. The van der Waals surface area contributed by atoms with Gasteiger partial charge in [0.2, 0.25) is 0 Å². The summed E-state index contributed by atoms with van der Waals surface area (Å²) in [6.45, 7) is 0. The van der Waals surface area contributed by atoms with Crippen LogP contribution >= 0.6 is 0 Å². The highest BCUT2D eigenvalue weighted by Gasteiger charge is 2.17. The van der Waals surface area contributed by atoms with Crippen LogP contribution in [0, 0.1) is 0 Å². The number of amides is 1. The van der Waals surface area contributed by atoms with Crippen LogP contribution in [-0.2, 0) is 19.3 Å². The Hall–Kier alpha value is -3.86. The normalized spacial score (nSPS) is 10.8. The lowest BCUT2D eigenvalue weighted by Gasteiger charge is -2.14. The second-order valence-corrected chi connectivity index (χ2v) is 7.91. The Kier molecular flexibility index (Phi) is 6.36. The molecule has 0 radical (unpaired) electrons. The molecule has 162 valence electrons. The van der Waals surface area contributed by atoms with E-state index in [0.29, 0.717) is 29.7 Å². The number of hydrogen-bond acceptors (Lipinski definition) is 4. The highest BCUT2D eigenvalue weighted by molar-refractivity contribution is 5.83. The fourth-order valence-corrected chi connectivity index (χ4v) is 3.72. The summed E-state index contributed by atoms with van der Waals surface area (Å²) in [5.41, 5.74) is 3.94. The van der Waals surface area contributed by atoms with Crippen molar-refractivity contribution in [3.8, 4) is 5.75 Å². The van der Waals surface area contributed by atoms with E-state index >= 15 is 0 Å². The minimum atomic E-state index is -0.489. The predicted molar refractivity (Wildman–Crippen MR) is 125 cm³/mol. The van der Waals surface area contributed by atoms with Gasteiger partial charge in [-0.05, 0) is 41.7 Å². The molecule has 1 heterocycles. The summed E-state index contributed by atoms with van der Waals surface area (Å²) in [5, 5.41) is 0.858. The van der Waals surface area contributed by atoms with Crippen molar-refractivity contribution in [3.05, 3.63) is 112 Å². The van der Waals surface area contributed by atoms with Gasteiger partial charge in [-0.3, -0.25) is 0 Å². The van der Waals surface area contributed by atoms with Gasteiger partial charge in [0.15, 0.2) is 0 Å². The van der Waals surface area contributed by atoms with Crippen molar-refractivity contribution in [1.29, 1.82) is 0 Å².